The fraction of sp³-hybridized carbons (Fsp3) is 0.294. The largest absolute Gasteiger partial charge is 0.386 e. The van der Waals surface area contributed by atoms with Gasteiger partial charge in [0.15, 0.2) is 0 Å². The predicted octanol–water partition coefficient (Wildman–Crippen LogP) is 3.55. The van der Waals surface area contributed by atoms with E-state index >= 15 is 0 Å². The van der Waals surface area contributed by atoms with Gasteiger partial charge in [0, 0.05) is 12.7 Å². The molecule has 0 aliphatic heterocycles. The van der Waals surface area contributed by atoms with Gasteiger partial charge < -0.3 is 10.0 Å². The number of nitrogens with zero attached hydrogens (tertiary/aromatic N) is 1. The Kier molecular flexibility index (Phi) is 4.23. The molecule has 0 radical (unpaired) electrons. The van der Waals surface area contributed by atoms with Gasteiger partial charge in [-0.15, -0.1) is 0 Å². The standard InChI is InChI=1S/C17H21NO/c1-13-9-11-16(12-10-13)18(3)14(2)17(19)15-7-5-4-6-8-15/h4-12,14,17,19H,1-3H3. The van der Waals surface area contributed by atoms with Crippen LogP contribution in [0.5, 0.6) is 0 Å². The first-order valence-electron chi connectivity index (χ1n) is 6.62. The van der Waals surface area contributed by atoms with Gasteiger partial charge in [-0.1, -0.05) is 48.0 Å². The monoisotopic (exact) mass is 255 g/mol. The Hall–Kier alpha value is -1.80. The average Bonchev–Trinajstić information content (AvgIpc) is 2.46. The molecule has 0 saturated carbocycles. The third kappa shape index (κ3) is 3.15. The molecule has 2 aromatic rings. The number of aliphatic hydroxyl groups is 1. The summed E-state index contributed by atoms with van der Waals surface area (Å²) in [4.78, 5) is 2.11. The van der Waals surface area contributed by atoms with Crippen LogP contribution in [0.1, 0.15) is 24.2 Å². The minimum Gasteiger partial charge on any atom is -0.386 e. The molecule has 0 amide bonds. The molecule has 100 valence electrons. The molecule has 0 bridgehead atoms. The highest BCUT2D eigenvalue weighted by molar-refractivity contribution is 5.48. The van der Waals surface area contributed by atoms with Crippen molar-refractivity contribution in [3.8, 4) is 0 Å². The van der Waals surface area contributed by atoms with E-state index in [1.165, 1.54) is 5.56 Å². The fourth-order valence-electron chi connectivity index (χ4n) is 2.16. The molecule has 1 N–H and O–H groups in total. The van der Waals surface area contributed by atoms with Gasteiger partial charge in [0.2, 0.25) is 0 Å². The molecule has 0 heterocycles. The van der Waals surface area contributed by atoms with E-state index in [2.05, 4.69) is 36.1 Å². The molecule has 2 atom stereocenters. The van der Waals surface area contributed by atoms with E-state index in [9.17, 15) is 5.11 Å². The van der Waals surface area contributed by atoms with Crippen molar-refractivity contribution in [2.75, 3.05) is 11.9 Å². The molecular formula is C17H21NO. The Balaban J connectivity index is 2.15. The highest BCUT2D eigenvalue weighted by Crippen LogP contribution is 2.24. The summed E-state index contributed by atoms with van der Waals surface area (Å²) in [5.74, 6) is 0. The summed E-state index contributed by atoms with van der Waals surface area (Å²) in [5.41, 5.74) is 3.32. The van der Waals surface area contributed by atoms with Gasteiger partial charge in [-0.2, -0.15) is 0 Å². The number of aryl methyl sites for hydroxylation is 1. The molecule has 0 aliphatic rings. The molecule has 0 aromatic heterocycles. The minimum absolute atomic E-state index is 0.0186. The van der Waals surface area contributed by atoms with Gasteiger partial charge in [-0.25, -0.2) is 0 Å². The van der Waals surface area contributed by atoms with E-state index in [-0.39, 0.29) is 6.04 Å². The second kappa shape index (κ2) is 5.89. The molecule has 2 aromatic carbocycles. The zero-order valence-corrected chi connectivity index (χ0v) is 11.7. The molecule has 2 unspecified atom stereocenters. The first-order valence-corrected chi connectivity index (χ1v) is 6.62. The molecule has 0 fully saturated rings. The van der Waals surface area contributed by atoms with Crippen molar-refractivity contribution in [1.29, 1.82) is 0 Å². The summed E-state index contributed by atoms with van der Waals surface area (Å²) in [7, 11) is 2.02. The number of hydrogen-bond acceptors (Lipinski definition) is 2. The van der Waals surface area contributed by atoms with E-state index in [4.69, 9.17) is 0 Å². The SMILES string of the molecule is Cc1ccc(N(C)C(C)C(O)c2ccccc2)cc1. The lowest BCUT2D eigenvalue weighted by Crippen LogP contribution is -2.34. The van der Waals surface area contributed by atoms with Crippen LogP contribution in [0.25, 0.3) is 0 Å². The number of aliphatic hydroxyl groups excluding tert-OH is 1. The summed E-state index contributed by atoms with van der Waals surface area (Å²) in [6, 6.07) is 18.2. The van der Waals surface area contributed by atoms with Crippen LogP contribution in [0.4, 0.5) is 5.69 Å². The fourth-order valence-corrected chi connectivity index (χ4v) is 2.16. The summed E-state index contributed by atoms with van der Waals surface area (Å²) in [6.07, 6.45) is -0.493. The zero-order chi connectivity index (χ0) is 13.8. The van der Waals surface area contributed by atoms with Gasteiger partial charge in [0.05, 0.1) is 12.1 Å². The van der Waals surface area contributed by atoms with Crippen LogP contribution in [0.15, 0.2) is 54.6 Å². The van der Waals surface area contributed by atoms with Gasteiger partial charge in [0.25, 0.3) is 0 Å². The molecule has 0 saturated heterocycles. The van der Waals surface area contributed by atoms with Crippen molar-refractivity contribution >= 4 is 5.69 Å². The third-order valence-corrected chi connectivity index (χ3v) is 3.65. The molecule has 0 spiro atoms. The lowest BCUT2D eigenvalue weighted by molar-refractivity contribution is 0.151. The maximum atomic E-state index is 10.4. The zero-order valence-electron chi connectivity index (χ0n) is 11.7. The summed E-state index contributed by atoms with van der Waals surface area (Å²) in [5, 5.41) is 10.4. The van der Waals surface area contributed by atoms with Crippen LogP contribution < -0.4 is 4.90 Å². The van der Waals surface area contributed by atoms with Crippen molar-refractivity contribution < 1.29 is 5.11 Å². The molecule has 2 heteroatoms. The highest BCUT2D eigenvalue weighted by Gasteiger charge is 2.20. The highest BCUT2D eigenvalue weighted by atomic mass is 16.3. The quantitative estimate of drug-likeness (QED) is 0.903. The van der Waals surface area contributed by atoms with Crippen LogP contribution in [-0.4, -0.2) is 18.2 Å². The molecule has 19 heavy (non-hydrogen) atoms. The topological polar surface area (TPSA) is 23.5 Å². The lowest BCUT2D eigenvalue weighted by atomic mass is 10.0. The number of anilines is 1. The van der Waals surface area contributed by atoms with Crippen molar-refractivity contribution in [2.24, 2.45) is 0 Å². The summed E-state index contributed by atoms with van der Waals surface area (Å²) < 4.78 is 0. The summed E-state index contributed by atoms with van der Waals surface area (Å²) >= 11 is 0. The van der Waals surface area contributed by atoms with E-state index in [0.29, 0.717) is 0 Å². The Labute approximate surface area is 115 Å². The second-order valence-electron chi connectivity index (χ2n) is 5.04. The number of rotatable bonds is 4. The maximum Gasteiger partial charge on any atom is 0.0990 e. The number of benzene rings is 2. The van der Waals surface area contributed by atoms with E-state index in [0.717, 1.165) is 11.3 Å². The van der Waals surface area contributed by atoms with Gasteiger partial charge >= 0.3 is 0 Å². The van der Waals surface area contributed by atoms with Gasteiger partial charge in [-0.3, -0.25) is 0 Å². The van der Waals surface area contributed by atoms with Crippen LogP contribution in [0.2, 0.25) is 0 Å². The van der Waals surface area contributed by atoms with Gasteiger partial charge in [0.1, 0.15) is 0 Å². The lowest BCUT2D eigenvalue weighted by Gasteiger charge is -2.31. The number of likely N-dealkylation sites (N-methyl/N-ethyl adjacent to an activating group) is 1. The third-order valence-electron chi connectivity index (χ3n) is 3.65. The Morgan fingerprint density at radius 1 is 0.947 bits per heavy atom. The smallest absolute Gasteiger partial charge is 0.0990 e. The normalized spacial score (nSPS) is 13.9. The molecule has 0 aliphatic carbocycles. The summed E-state index contributed by atoms with van der Waals surface area (Å²) in [6.45, 7) is 4.11. The molecular weight excluding hydrogens is 234 g/mol. The Morgan fingerprint density at radius 2 is 1.53 bits per heavy atom. The Bertz CT molecular complexity index is 507. The van der Waals surface area contributed by atoms with Gasteiger partial charge in [-0.05, 0) is 31.5 Å². The van der Waals surface area contributed by atoms with E-state index < -0.39 is 6.10 Å². The maximum absolute atomic E-state index is 10.4. The predicted molar refractivity (Wildman–Crippen MR) is 80.4 cm³/mol. The van der Waals surface area contributed by atoms with Crippen molar-refractivity contribution in [2.45, 2.75) is 26.0 Å². The molecule has 2 nitrogen and oxygen atoms in total. The second-order valence-corrected chi connectivity index (χ2v) is 5.04. The van der Waals surface area contributed by atoms with Crippen LogP contribution in [-0.2, 0) is 0 Å². The van der Waals surface area contributed by atoms with Crippen LogP contribution in [0, 0.1) is 6.92 Å². The van der Waals surface area contributed by atoms with Crippen LogP contribution >= 0.6 is 0 Å². The average molecular weight is 255 g/mol. The number of hydrogen-bond donors (Lipinski definition) is 1. The van der Waals surface area contributed by atoms with Crippen molar-refractivity contribution in [3.63, 3.8) is 0 Å². The first-order chi connectivity index (χ1) is 9.09. The van der Waals surface area contributed by atoms with E-state index in [1.807, 2.05) is 44.3 Å². The van der Waals surface area contributed by atoms with E-state index in [1.54, 1.807) is 0 Å². The van der Waals surface area contributed by atoms with Crippen LogP contribution in [0.3, 0.4) is 0 Å². The first kappa shape index (κ1) is 13.6. The minimum atomic E-state index is -0.493. The molecule has 2 rings (SSSR count). The van der Waals surface area contributed by atoms with Crippen molar-refractivity contribution in [1.82, 2.24) is 0 Å². The van der Waals surface area contributed by atoms with Crippen molar-refractivity contribution in [3.05, 3.63) is 65.7 Å². The Morgan fingerprint density at radius 3 is 2.11 bits per heavy atom.